The quantitative estimate of drug-likeness (QED) is 0.682. The van der Waals surface area contributed by atoms with Crippen LogP contribution in [-0.4, -0.2) is 25.2 Å². The molecular weight excluding hydrogens is 289 g/mol. The van der Waals surface area contributed by atoms with Gasteiger partial charge in [0, 0.05) is 0 Å². The lowest BCUT2D eigenvalue weighted by molar-refractivity contribution is 0.400. The van der Waals surface area contributed by atoms with Crippen LogP contribution in [0.1, 0.15) is 39.2 Å². The summed E-state index contributed by atoms with van der Waals surface area (Å²) in [6.07, 6.45) is 1.71. The lowest BCUT2D eigenvalue weighted by atomic mass is 9.81. The van der Waals surface area contributed by atoms with Gasteiger partial charge in [-0.25, -0.2) is 0 Å². The van der Waals surface area contributed by atoms with E-state index in [2.05, 4.69) is 39.0 Å². The van der Waals surface area contributed by atoms with Crippen LogP contribution in [0.15, 0.2) is 30.3 Å². The molecule has 0 aromatic heterocycles. The van der Waals surface area contributed by atoms with Gasteiger partial charge >= 0.3 is 7.12 Å². The molecule has 1 unspecified atom stereocenters. The summed E-state index contributed by atoms with van der Waals surface area (Å²) in [5, 5.41) is 28.0. The third-order valence-electron chi connectivity index (χ3n) is 5.41. The molecule has 1 aromatic carbocycles. The maximum atomic E-state index is 10.2. The largest absolute Gasteiger partial charge is 0.451 e. The van der Waals surface area contributed by atoms with E-state index in [4.69, 9.17) is 10.0 Å². The van der Waals surface area contributed by atoms with E-state index in [1.54, 1.807) is 0 Å². The van der Waals surface area contributed by atoms with Gasteiger partial charge in [0.15, 0.2) is 0 Å². The minimum absolute atomic E-state index is 0.331. The number of benzene rings is 1. The zero-order chi connectivity index (χ0) is 16.6. The molecule has 2 N–H and O–H groups in total. The van der Waals surface area contributed by atoms with Gasteiger partial charge in [-0.2, -0.15) is 5.26 Å². The summed E-state index contributed by atoms with van der Waals surface area (Å²) in [7, 11) is -3.12. The van der Waals surface area contributed by atoms with Crippen LogP contribution >= 0.6 is 0 Å². The predicted octanol–water partition coefficient (Wildman–Crippen LogP) is 3.75. The minimum atomic E-state index is -1.83. The first-order valence-corrected chi connectivity index (χ1v) is 11.0. The summed E-state index contributed by atoms with van der Waals surface area (Å²) >= 11 is 0. The van der Waals surface area contributed by atoms with E-state index in [1.165, 1.54) is 0 Å². The van der Waals surface area contributed by atoms with Crippen molar-refractivity contribution in [3.8, 4) is 6.07 Å². The molecule has 0 saturated heterocycles. The van der Waals surface area contributed by atoms with Gasteiger partial charge in [0.2, 0.25) is 0 Å². The van der Waals surface area contributed by atoms with Crippen molar-refractivity contribution in [1.29, 1.82) is 5.26 Å². The molecule has 120 valence electrons. The van der Waals surface area contributed by atoms with Crippen LogP contribution in [0.3, 0.4) is 0 Å². The topological polar surface area (TPSA) is 64.2 Å². The Balaban J connectivity index is 3.32. The second kappa shape index (κ2) is 8.52. The van der Waals surface area contributed by atoms with Crippen molar-refractivity contribution in [3.63, 3.8) is 0 Å². The molecule has 3 nitrogen and oxygen atoms in total. The van der Waals surface area contributed by atoms with Crippen LogP contribution in [0.25, 0.3) is 0 Å². The van der Waals surface area contributed by atoms with Crippen LogP contribution < -0.4 is 0 Å². The first-order valence-electron chi connectivity index (χ1n) is 8.34. The van der Waals surface area contributed by atoms with Crippen molar-refractivity contribution in [2.75, 3.05) is 0 Å². The molecule has 1 atom stereocenters. The van der Waals surface area contributed by atoms with Gasteiger partial charge in [-0.15, -0.1) is 0 Å². The van der Waals surface area contributed by atoms with Crippen LogP contribution in [0.5, 0.6) is 0 Å². The van der Waals surface area contributed by atoms with Crippen molar-refractivity contribution < 1.29 is 10.0 Å². The van der Waals surface area contributed by atoms with Crippen molar-refractivity contribution in [2.24, 2.45) is 0 Å². The van der Waals surface area contributed by atoms with E-state index in [0.29, 0.717) is 19.2 Å². The Morgan fingerprint density at radius 1 is 1.09 bits per heavy atom. The molecule has 0 aliphatic heterocycles. The van der Waals surface area contributed by atoms with Gasteiger partial charge < -0.3 is 10.0 Å². The summed E-state index contributed by atoms with van der Waals surface area (Å²) in [6.45, 7) is 6.65. The van der Waals surface area contributed by atoms with E-state index in [9.17, 15) is 5.26 Å². The molecule has 0 heterocycles. The molecule has 0 bridgehead atoms. The summed E-state index contributed by atoms with van der Waals surface area (Å²) in [6, 6.07) is 16.0. The highest BCUT2D eigenvalue weighted by Gasteiger charge is 2.50. The highest BCUT2D eigenvalue weighted by atomic mass is 28.3. The minimum Gasteiger partial charge on any atom is -0.427 e. The zero-order valence-electron chi connectivity index (χ0n) is 14.0. The fourth-order valence-corrected chi connectivity index (χ4v) is 8.92. The van der Waals surface area contributed by atoms with Crippen molar-refractivity contribution >= 4 is 15.2 Å². The Hall–Kier alpha value is -1.09. The van der Waals surface area contributed by atoms with E-state index < -0.39 is 20.2 Å². The number of hydrogen-bond donors (Lipinski definition) is 2. The van der Waals surface area contributed by atoms with Gasteiger partial charge in [-0.05, 0) is 18.3 Å². The maximum Gasteiger partial charge on any atom is 0.451 e. The molecule has 0 amide bonds. The number of nitriles is 1. The van der Waals surface area contributed by atoms with Gasteiger partial charge in [-0.3, -0.25) is 0 Å². The SMILES string of the molecule is CC[Si](CC)(CC)C(C#N)(CCCB(O)O)c1ccccc1. The molecule has 0 saturated carbocycles. The van der Waals surface area contributed by atoms with Crippen molar-refractivity contribution in [1.82, 2.24) is 0 Å². The molecule has 1 rings (SSSR count). The number of nitrogens with zero attached hydrogens (tertiary/aromatic N) is 1. The summed E-state index contributed by atoms with van der Waals surface area (Å²) in [5.74, 6) is 0. The average molecular weight is 317 g/mol. The Kier molecular flexibility index (Phi) is 7.34. The maximum absolute atomic E-state index is 10.2. The summed E-state index contributed by atoms with van der Waals surface area (Å²) < 4.78 is 0. The average Bonchev–Trinajstić information content (AvgIpc) is 2.55. The van der Waals surface area contributed by atoms with Crippen LogP contribution in [0, 0.1) is 11.3 Å². The van der Waals surface area contributed by atoms with Crippen LogP contribution in [-0.2, 0) is 5.04 Å². The number of hydrogen-bond acceptors (Lipinski definition) is 3. The Labute approximate surface area is 136 Å². The third-order valence-corrected chi connectivity index (χ3v) is 11.9. The predicted molar refractivity (Wildman–Crippen MR) is 95.2 cm³/mol. The molecule has 0 aliphatic carbocycles. The van der Waals surface area contributed by atoms with Gasteiger partial charge in [0.05, 0.1) is 19.2 Å². The van der Waals surface area contributed by atoms with Crippen LogP contribution in [0.2, 0.25) is 24.5 Å². The Morgan fingerprint density at radius 3 is 2.05 bits per heavy atom. The summed E-state index contributed by atoms with van der Waals surface area (Å²) in [4.78, 5) is 0. The molecule has 0 aliphatic rings. The third kappa shape index (κ3) is 3.63. The standard InChI is InChI=1S/C17H28BNO2Si/c1-4-22(5-2,6-3)17(15-19,13-10-14-18(20)21)16-11-8-7-9-12-16/h7-9,11-12,20-21H,4-6,10,13-14H2,1-3H3. The van der Waals surface area contributed by atoms with Crippen molar-refractivity contribution in [3.05, 3.63) is 35.9 Å². The van der Waals surface area contributed by atoms with E-state index >= 15 is 0 Å². The highest BCUT2D eigenvalue weighted by Crippen LogP contribution is 2.45. The molecule has 0 fully saturated rings. The molecule has 22 heavy (non-hydrogen) atoms. The lowest BCUT2D eigenvalue weighted by Gasteiger charge is -2.44. The molecule has 0 spiro atoms. The monoisotopic (exact) mass is 317 g/mol. The van der Waals surface area contributed by atoms with E-state index in [1.807, 2.05) is 18.2 Å². The van der Waals surface area contributed by atoms with Gasteiger partial charge in [-0.1, -0.05) is 75.7 Å². The second-order valence-electron chi connectivity index (χ2n) is 6.10. The van der Waals surface area contributed by atoms with Crippen LogP contribution in [0.4, 0.5) is 0 Å². The summed E-state index contributed by atoms with van der Waals surface area (Å²) in [5.41, 5.74) is 1.11. The smallest absolute Gasteiger partial charge is 0.427 e. The van der Waals surface area contributed by atoms with Crippen molar-refractivity contribution in [2.45, 2.75) is 63.1 Å². The first-order chi connectivity index (χ1) is 10.5. The molecule has 1 aromatic rings. The second-order valence-corrected chi connectivity index (χ2v) is 11.6. The van der Waals surface area contributed by atoms with Gasteiger partial charge in [0.1, 0.15) is 0 Å². The number of rotatable bonds is 9. The van der Waals surface area contributed by atoms with E-state index in [0.717, 1.165) is 23.7 Å². The highest BCUT2D eigenvalue weighted by molar-refractivity contribution is 6.83. The van der Waals surface area contributed by atoms with E-state index in [-0.39, 0.29) is 0 Å². The lowest BCUT2D eigenvalue weighted by Crippen LogP contribution is -2.54. The molecule has 5 heteroatoms. The fourth-order valence-electron chi connectivity index (χ4n) is 3.88. The van der Waals surface area contributed by atoms with Gasteiger partial charge in [0.25, 0.3) is 0 Å². The Bertz CT molecular complexity index is 477. The first kappa shape index (κ1) is 19.0. The zero-order valence-corrected chi connectivity index (χ0v) is 15.0. The molecule has 0 radical (unpaired) electrons. The normalized spacial score (nSPS) is 14.2. The molecular formula is C17H28BNO2Si. The fraction of sp³-hybridized carbons (Fsp3) is 0.588. The Morgan fingerprint density at radius 2 is 1.64 bits per heavy atom.